The van der Waals surface area contributed by atoms with Crippen molar-refractivity contribution in [3.8, 4) is 0 Å². The predicted octanol–water partition coefficient (Wildman–Crippen LogP) is 5.67. The van der Waals surface area contributed by atoms with Crippen LogP contribution in [0.1, 0.15) is 42.1 Å². The molecule has 0 saturated carbocycles. The van der Waals surface area contributed by atoms with Gasteiger partial charge in [0.15, 0.2) is 5.82 Å². The summed E-state index contributed by atoms with van der Waals surface area (Å²) in [5.74, 6) is 0.801. The smallest absolute Gasteiger partial charge is 0.249 e. The van der Waals surface area contributed by atoms with E-state index >= 15 is 0 Å². The first-order valence-corrected chi connectivity index (χ1v) is 9.67. The van der Waals surface area contributed by atoms with Gasteiger partial charge in [0.05, 0.1) is 6.54 Å². The van der Waals surface area contributed by atoms with Gasteiger partial charge in [-0.1, -0.05) is 67.9 Å². The number of aromatic nitrogens is 2. The van der Waals surface area contributed by atoms with Crippen molar-refractivity contribution in [2.75, 3.05) is 5.32 Å². The number of hydrogen-bond acceptors (Lipinski definition) is 2. The van der Waals surface area contributed by atoms with Crippen LogP contribution in [0.5, 0.6) is 0 Å². The number of rotatable bonds is 6. The zero-order valence-electron chi connectivity index (χ0n) is 16.3. The summed E-state index contributed by atoms with van der Waals surface area (Å²) in [6, 6.07) is 17.7. The van der Waals surface area contributed by atoms with E-state index in [1.807, 2.05) is 54.1 Å². The molecule has 0 radical (unpaired) electrons. The van der Waals surface area contributed by atoms with Crippen molar-refractivity contribution >= 4 is 29.4 Å². The van der Waals surface area contributed by atoms with Gasteiger partial charge in [0.25, 0.3) is 0 Å². The van der Waals surface area contributed by atoms with E-state index < -0.39 is 0 Å². The minimum atomic E-state index is -0.213. The number of carbonyl (C=O) groups is 1. The molecule has 5 heteroatoms. The first-order valence-electron chi connectivity index (χ1n) is 9.29. The van der Waals surface area contributed by atoms with Crippen LogP contribution in [0.4, 0.5) is 5.82 Å². The van der Waals surface area contributed by atoms with Gasteiger partial charge in [0, 0.05) is 22.9 Å². The Morgan fingerprint density at radius 3 is 2.57 bits per heavy atom. The average Bonchev–Trinajstić information content (AvgIpc) is 3.01. The molecule has 3 aromatic rings. The quantitative estimate of drug-likeness (QED) is 0.548. The molecular weight excluding hydrogens is 370 g/mol. The number of hydrogen-bond donors (Lipinski definition) is 1. The SMILES string of the molecule is Cc1cc(NC(=O)/C=C/c2ccc(C(C)C)cc2)nn1Cc1ccccc1Cl. The van der Waals surface area contributed by atoms with Crippen molar-refractivity contribution < 1.29 is 4.79 Å². The number of aryl methyl sites for hydroxylation is 1. The highest BCUT2D eigenvalue weighted by Gasteiger charge is 2.08. The third kappa shape index (κ3) is 5.11. The zero-order chi connectivity index (χ0) is 20.1. The van der Waals surface area contributed by atoms with Crippen molar-refractivity contribution in [2.24, 2.45) is 0 Å². The largest absolute Gasteiger partial charge is 0.306 e. The van der Waals surface area contributed by atoms with Gasteiger partial charge in [0.1, 0.15) is 0 Å². The molecule has 2 aromatic carbocycles. The maximum Gasteiger partial charge on any atom is 0.249 e. The molecule has 0 fully saturated rings. The molecule has 3 rings (SSSR count). The second-order valence-corrected chi connectivity index (χ2v) is 7.47. The molecule has 1 amide bonds. The van der Waals surface area contributed by atoms with Crippen LogP contribution in [0.3, 0.4) is 0 Å². The van der Waals surface area contributed by atoms with Gasteiger partial charge in [-0.05, 0) is 41.7 Å². The molecule has 0 spiro atoms. The summed E-state index contributed by atoms with van der Waals surface area (Å²) in [6.45, 7) is 6.82. The molecule has 0 aliphatic heterocycles. The Kier molecular flexibility index (Phi) is 6.32. The number of carbonyl (C=O) groups excluding carboxylic acids is 1. The van der Waals surface area contributed by atoms with E-state index in [4.69, 9.17) is 11.6 Å². The Morgan fingerprint density at radius 2 is 1.89 bits per heavy atom. The minimum absolute atomic E-state index is 0.213. The van der Waals surface area contributed by atoms with Crippen LogP contribution in [-0.2, 0) is 11.3 Å². The van der Waals surface area contributed by atoms with E-state index in [1.54, 1.807) is 6.08 Å². The third-order valence-corrected chi connectivity index (χ3v) is 4.91. The number of nitrogens with one attached hydrogen (secondary N) is 1. The van der Waals surface area contributed by atoms with E-state index in [-0.39, 0.29) is 5.91 Å². The lowest BCUT2D eigenvalue weighted by Gasteiger charge is -2.06. The van der Waals surface area contributed by atoms with Crippen LogP contribution in [0.2, 0.25) is 5.02 Å². The molecule has 0 saturated heterocycles. The van der Waals surface area contributed by atoms with Gasteiger partial charge in [-0.25, -0.2) is 0 Å². The third-order valence-electron chi connectivity index (χ3n) is 4.54. The molecular formula is C23H24ClN3O. The lowest BCUT2D eigenvalue weighted by Crippen LogP contribution is -2.09. The number of amides is 1. The van der Waals surface area contributed by atoms with Crippen LogP contribution >= 0.6 is 11.6 Å². The highest BCUT2D eigenvalue weighted by molar-refractivity contribution is 6.31. The van der Waals surface area contributed by atoms with E-state index in [9.17, 15) is 4.79 Å². The summed E-state index contributed by atoms with van der Waals surface area (Å²) in [7, 11) is 0. The molecule has 28 heavy (non-hydrogen) atoms. The topological polar surface area (TPSA) is 46.9 Å². The number of benzene rings is 2. The number of halogens is 1. The standard InChI is InChI=1S/C23H24ClN3O/c1-16(2)19-11-8-18(9-12-19)10-13-23(28)25-22-14-17(3)27(26-22)15-20-6-4-5-7-21(20)24/h4-14,16H,15H2,1-3H3,(H,25,26,28)/b13-10+. The highest BCUT2D eigenvalue weighted by Crippen LogP contribution is 2.18. The molecule has 0 atom stereocenters. The monoisotopic (exact) mass is 393 g/mol. The fourth-order valence-corrected chi connectivity index (χ4v) is 3.05. The van der Waals surface area contributed by atoms with Crippen molar-refractivity contribution in [1.29, 1.82) is 0 Å². The summed E-state index contributed by atoms with van der Waals surface area (Å²) >= 11 is 6.22. The summed E-state index contributed by atoms with van der Waals surface area (Å²) in [5, 5.41) is 7.98. The second-order valence-electron chi connectivity index (χ2n) is 7.06. The fourth-order valence-electron chi connectivity index (χ4n) is 2.85. The van der Waals surface area contributed by atoms with E-state index in [2.05, 4.69) is 36.4 Å². The highest BCUT2D eigenvalue weighted by atomic mass is 35.5. The lowest BCUT2D eigenvalue weighted by molar-refractivity contribution is -0.111. The fraction of sp³-hybridized carbons (Fsp3) is 0.217. The van der Waals surface area contributed by atoms with Gasteiger partial charge in [-0.15, -0.1) is 0 Å². The zero-order valence-corrected chi connectivity index (χ0v) is 17.1. The van der Waals surface area contributed by atoms with Crippen molar-refractivity contribution in [3.63, 3.8) is 0 Å². The summed E-state index contributed by atoms with van der Waals surface area (Å²) in [4.78, 5) is 12.2. The Labute approximate surface area is 170 Å². The summed E-state index contributed by atoms with van der Waals surface area (Å²) < 4.78 is 1.82. The Morgan fingerprint density at radius 1 is 1.18 bits per heavy atom. The number of nitrogens with zero attached hydrogens (tertiary/aromatic N) is 2. The van der Waals surface area contributed by atoms with Crippen molar-refractivity contribution in [3.05, 3.63) is 88.1 Å². The Bertz CT molecular complexity index is 987. The molecule has 0 bridgehead atoms. The molecule has 0 unspecified atom stereocenters. The van der Waals surface area contributed by atoms with E-state index in [0.717, 1.165) is 16.8 Å². The normalized spacial score (nSPS) is 11.3. The molecule has 0 aliphatic rings. The molecule has 1 N–H and O–H groups in total. The number of anilines is 1. The Balaban J connectivity index is 1.63. The average molecular weight is 394 g/mol. The maximum absolute atomic E-state index is 12.2. The minimum Gasteiger partial charge on any atom is -0.306 e. The van der Waals surface area contributed by atoms with Crippen LogP contribution in [-0.4, -0.2) is 15.7 Å². The van der Waals surface area contributed by atoms with Gasteiger partial charge in [-0.2, -0.15) is 5.10 Å². The molecule has 4 nitrogen and oxygen atoms in total. The second kappa shape index (κ2) is 8.89. The van der Waals surface area contributed by atoms with Crippen molar-refractivity contribution in [2.45, 2.75) is 33.2 Å². The first-order chi connectivity index (χ1) is 13.4. The lowest BCUT2D eigenvalue weighted by atomic mass is 10.0. The first kappa shape index (κ1) is 19.9. The summed E-state index contributed by atoms with van der Waals surface area (Å²) in [6.07, 6.45) is 3.32. The molecule has 1 aromatic heterocycles. The van der Waals surface area contributed by atoms with E-state index in [0.29, 0.717) is 23.3 Å². The van der Waals surface area contributed by atoms with Gasteiger partial charge >= 0.3 is 0 Å². The van der Waals surface area contributed by atoms with Gasteiger partial charge < -0.3 is 5.32 Å². The van der Waals surface area contributed by atoms with Crippen LogP contribution in [0.15, 0.2) is 60.7 Å². The molecule has 144 valence electrons. The molecule has 1 heterocycles. The van der Waals surface area contributed by atoms with Crippen LogP contribution in [0, 0.1) is 6.92 Å². The maximum atomic E-state index is 12.2. The summed E-state index contributed by atoms with van der Waals surface area (Å²) in [5.41, 5.74) is 4.20. The van der Waals surface area contributed by atoms with Crippen molar-refractivity contribution in [1.82, 2.24) is 9.78 Å². The van der Waals surface area contributed by atoms with Gasteiger partial charge in [-0.3, -0.25) is 9.48 Å². The molecule has 0 aliphatic carbocycles. The van der Waals surface area contributed by atoms with Gasteiger partial charge in [0.2, 0.25) is 5.91 Å². The Hall–Kier alpha value is -2.85. The predicted molar refractivity (Wildman–Crippen MR) is 116 cm³/mol. The van der Waals surface area contributed by atoms with Crippen LogP contribution in [0.25, 0.3) is 6.08 Å². The van der Waals surface area contributed by atoms with E-state index in [1.165, 1.54) is 11.6 Å². The van der Waals surface area contributed by atoms with Crippen LogP contribution < -0.4 is 5.32 Å².